The second kappa shape index (κ2) is 4.08. The van der Waals surface area contributed by atoms with Crippen LogP contribution in [0.3, 0.4) is 0 Å². The maximum Gasteiger partial charge on any atom is 0.0221 e. The largest absolute Gasteiger partial charge is 0.308 e. The fourth-order valence-corrected chi connectivity index (χ4v) is 2.01. The molecule has 12 heavy (non-hydrogen) atoms. The van der Waals surface area contributed by atoms with Crippen LogP contribution in [-0.2, 0) is 0 Å². The van der Waals surface area contributed by atoms with E-state index >= 15 is 0 Å². The van der Waals surface area contributed by atoms with Crippen molar-refractivity contribution in [2.45, 2.75) is 45.7 Å². The molecule has 0 amide bonds. The lowest BCUT2D eigenvalue weighted by atomic mass is 9.97. The van der Waals surface area contributed by atoms with Crippen molar-refractivity contribution in [2.24, 2.45) is 11.8 Å². The summed E-state index contributed by atoms with van der Waals surface area (Å²) in [6.45, 7) is 10.7. The zero-order valence-electron chi connectivity index (χ0n) is 8.51. The van der Waals surface area contributed by atoms with Gasteiger partial charge >= 0.3 is 0 Å². The van der Waals surface area contributed by atoms with Gasteiger partial charge in [0.1, 0.15) is 0 Å². The Hall–Kier alpha value is -0.300. The third-order valence-electron chi connectivity index (χ3n) is 3.30. The van der Waals surface area contributed by atoms with Gasteiger partial charge in [-0.05, 0) is 31.6 Å². The summed E-state index contributed by atoms with van der Waals surface area (Å²) in [4.78, 5) is 0. The number of rotatable bonds is 3. The molecule has 4 unspecified atom stereocenters. The average Bonchev–Trinajstić information content (AvgIpc) is 2.36. The summed E-state index contributed by atoms with van der Waals surface area (Å²) in [5, 5.41) is 3.59. The molecule has 1 aliphatic carbocycles. The van der Waals surface area contributed by atoms with Gasteiger partial charge in [0.25, 0.3) is 0 Å². The Labute approximate surface area is 76.2 Å². The first-order valence-electron chi connectivity index (χ1n) is 5.03. The van der Waals surface area contributed by atoms with Crippen molar-refractivity contribution in [3.8, 4) is 0 Å². The number of hydrogen-bond acceptors (Lipinski definition) is 1. The molecule has 1 fully saturated rings. The molecule has 0 spiro atoms. The standard InChI is InChI=1S/C11H21N/c1-5-9(3)12-11-7-6-8(2)10(11)4/h5,8-12H,1,6-7H2,2-4H3. The summed E-state index contributed by atoms with van der Waals surface area (Å²) in [5.74, 6) is 1.71. The van der Waals surface area contributed by atoms with Crippen LogP contribution in [0.15, 0.2) is 12.7 Å². The Balaban J connectivity index is 2.38. The SMILES string of the molecule is C=CC(C)NC1CCC(C)C1C. The highest BCUT2D eigenvalue weighted by Gasteiger charge is 2.29. The summed E-state index contributed by atoms with van der Waals surface area (Å²) >= 11 is 0. The second-order valence-electron chi connectivity index (χ2n) is 4.21. The first-order valence-corrected chi connectivity index (χ1v) is 5.03. The van der Waals surface area contributed by atoms with E-state index in [1.807, 2.05) is 6.08 Å². The van der Waals surface area contributed by atoms with Gasteiger partial charge in [-0.3, -0.25) is 0 Å². The van der Waals surface area contributed by atoms with Crippen LogP contribution in [0.25, 0.3) is 0 Å². The van der Waals surface area contributed by atoms with E-state index in [4.69, 9.17) is 0 Å². The predicted octanol–water partition coefficient (Wildman–Crippen LogP) is 2.59. The van der Waals surface area contributed by atoms with Gasteiger partial charge in [-0.2, -0.15) is 0 Å². The van der Waals surface area contributed by atoms with E-state index in [1.54, 1.807) is 0 Å². The van der Waals surface area contributed by atoms with Gasteiger partial charge in [0, 0.05) is 12.1 Å². The van der Waals surface area contributed by atoms with E-state index < -0.39 is 0 Å². The van der Waals surface area contributed by atoms with E-state index in [1.165, 1.54) is 12.8 Å². The first kappa shape index (κ1) is 9.79. The molecule has 0 aromatic heterocycles. The highest BCUT2D eigenvalue weighted by Crippen LogP contribution is 2.31. The van der Waals surface area contributed by atoms with Gasteiger partial charge < -0.3 is 5.32 Å². The Morgan fingerprint density at radius 1 is 1.42 bits per heavy atom. The van der Waals surface area contributed by atoms with Crippen LogP contribution in [0.5, 0.6) is 0 Å². The van der Waals surface area contributed by atoms with Crippen molar-refractivity contribution in [3.05, 3.63) is 12.7 Å². The fourth-order valence-electron chi connectivity index (χ4n) is 2.01. The molecule has 1 N–H and O–H groups in total. The molecule has 0 aromatic carbocycles. The summed E-state index contributed by atoms with van der Waals surface area (Å²) < 4.78 is 0. The molecule has 0 aromatic rings. The highest BCUT2D eigenvalue weighted by atomic mass is 15.0. The normalized spacial score (nSPS) is 38.1. The maximum atomic E-state index is 3.78. The van der Waals surface area contributed by atoms with E-state index in [0.717, 1.165) is 11.8 Å². The van der Waals surface area contributed by atoms with E-state index in [2.05, 4.69) is 32.7 Å². The lowest BCUT2D eigenvalue weighted by Crippen LogP contribution is -2.37. The average molecular weight is 167 g/mol. The molecular formula is C11H21N. The van der Waals surface area contributed by atoms with Crippen LogP contribution >= 0.6 is 0 Å². The van der Waals surface area contributed by atoms with Gasteiger partial charge in [-0.15, -0.1) is 6.58 Å². The second-order valence-corrected chi connectivity index (χ2v) is 4.21. The van der Waals surface area contributed by atoms with Crippen LogP contribution in [0.4, 0.5) is 0 Å². The van der Waals surface area contributed by atoms with Gasteiger partial charge in [0.15, 0.2) is 0 Å². The fraction of sp³-hybridized carbons (Fsp3) is 0.818. The first-order chi connectivity index (χ1) is 5.65. The third kappa shape index (κ3) is 2.10. The van der Waals surface area contributed by atoms with E-state index in [0.29, 0.717) is 12.1 Å². The monoisotopic (exact) mass is 167 g/mol. The van der Waals surface area contributed by atoms with Crippen molar-refractivity contribution in [3.63, 3.8) is 0 Å². The van der Waals surface area contributed by atoms with Crippen LogP contribution in [0.1, 0.15) is 33.6 Å². The van der Waals surface area contributed by atoms with Crippen LogP contribution in [-0.4, -0.2) is 12.1 Å². The molecule has 1 saturated carbocycles. The molecule has 0 heterocycles. The summed E-state index contributed by atoms with van der Waals surface area (Å²) in [6.07, 6.45) is 4.69. The minimum absolute atomic E-state index is 0.461. The molecule has 1 rings (SSSR count). The van der Waals surface area contributed by atoms with Crippen LogP contribution in [0.2, 0.25) is 0 Å². The molecule has 0 saturated heterocycles. The topological polar surface area (TPSA) is 12.0 Å². The molecule has 4 atom stereocenters. The van der Waals surface area contributed by atoms with Crippen molar-refractivity contribution < 1.29 is 0 Å². The van der Waals surface area contributed by atoms with E-state index in [9.17, 15) is 0 Å². The van der Waals surface area contributed by atoms with Gasteiger partial charge in [0.05, 0.1) is 0 Å². The van der Waals surface area contributed by atoms with Crippen molar-refractivity contribution in [2.75, 3.05) is 0 Å². The van der Waals surface area contributed by atoms with E-state index in [-0.39, 0.29) is 0 Å². The molecule has 0 bridgehead atoms. The zero-order valence-corrected chi connectivity index (χ0v) is 8.51. The molecule has 1 heteroatoms. The van der Waals surface area contributed by atoms with Crippen molar-refractivity contribution in [1.82, 2.24) is 5.32 Å². The molecule has 1 nitrogen and oxygen atoms in total. The lowest BCUT2D eigenvalue weighted by Gasteiger charge is -2.22. The Kier molecular flexibility index (Phi) is 3.33. The molecule has 0 aliphatic heterocycles. The molecule has 0 radical (unpaired) electrons. The Bertz CT molecular complexity index is 153. The minimum atomic E-state index is 0.461. The lowest BCUT2D eigenvalue weighted by molar-refractivity contribution is 0.360. The predicted molar refractivity (Wildman–Crippen MR) is 54.1 cm³/mol. The van der Waals surface area contributed by atoms with Crippen LogP contribution in [0, 0.1) is 11.8 Å². The summed E-state index contributed by atoms with van der Waals surface area (Å²) in [7, 11) is 0. The number of nitrogens with one attached hydrogen (secondary N) is 1. The van der Waals surface area contributed by atoms with Crippen molar-refractivity contribution in [1.29, 1.82) is 0 Å². The molecule has 70 valence electrons. The van der Waals surface area contributed by atoms with Gasteiger partial charge in [0.2, 0.25) is 0 Å². The maximum absolute atomic E-state index is 3.78. The van der Waals surface area contributed by atoms with Gasteiger partial charge in [-0.25, -0.2) is 0 Å². The molecule has 1 aliphatic rings. The third-order valence-corrected chi connectivity index (χ3v) is 3.30. The number of hydrogen-bond donors (Lipinski definition) is 1. The summed E-state index contributed by atoms with van der Waals surface area (Å²) in [6, 6.07) is 1.18. The van der Waals surface area contributed by atoms with Crippen LogP contribution < -0.4 is 5.32 Å². The Morgan fingerprint density at radius 2 is 2.08 bits per heavy atom. The Morgan fingerprint density at radius 3 is 2.50 bits per heavy atom. The van der Waals surface area contributed by atoms with Gasteiger partial charge in [-0.1, -0.05) is 19.9 Å². The van der Waals surface area contributed by atoms with Crippen molar-refractivity contribution >= 4 is 0 Å². The quantitative estimate of drug-likeness (QED) is 0.637. The molecular weight excluding hydrogens is 146 g/mol. The zero-order chi connectivity index (χ0) is 9.14. The smallest absolute Gasteiger partial charge is 0.0221 e. The summed E-state index contributed by atoms with van der Waals surface area (Å²) in [5.41, 5.74) is 0. The highest BCUT2D eigenvalue weighted by molar-refractivity contribution is 4.90. The minimum Gasteiger partial charge on any atom is -0.308 e.